The molecule has 0 unspecified atom stereocenters. The number of carbonyl (C=O) groups excluding carboxylic acids is 1. The Labute approximate surface area is 97.6 Å². The fourth-order valence-corrected chi connectivity index (χ4v) is 1.90. The number of aryl methyl sites for hydroxylation is 3. The first-order valence-electron chi connectivity index (χ1n) is 5.77. The smallest absolute Gasteiger partial charge is 0.170 e. The largest absolute Gasteiger partial charge is 0.485 e. The molecule has 1 aromatic carbocycles. The van der Waals surface area contributed by atoms with Gasteiger partial charge in [0.05, 0.1) is 0 Å². The van der Waals surface area contributed by atoms with Crippen molar-refractivity contribution in [2.24, 2.45) is 0 Å². The molecule has 0 atom stereocenters. The van der Waals surface area contributed by atoms with E-state index in [1.807, 2.05) is 20.8 Å². The van der Waals surface area contributed by atoms with Crippen LogP contribution in [0.3, 0.4) is 0 Å². The van der Waals surface area contributed by atoms with E-state index in [1.54, 1.807) is 0 Å². The third kappa shape index (κ3) is 3.37. The molecule has 1 aromatic rings. The predicted octanol–water partition coefficient (Wildman–Crippen LogP) is 3.36. The lowest BCUT2D eigenvalue weighted by Crippen LogP contribution is -2.11. The highest BCUT2D eigenvalue weighted by Crippen LogP contribution is 2.24. The van der Waals surface area contributed by atoms with Crippen LogP contribution in [0.5, 0.6) is 5.75 Å². The van der Waals surface area contributed by atoms with Crippen molar-refractivity contribution in [3.8, 4) is 5.75 Å². The molecule has 0 saturated carbocycles. The van der Waals surface area contributed by atoms with Gasteiger partial charge in [0.25, 0.3) is 0 Å². The van der Waals surface area contributed by atoms with Crippen LogP contribution in [0.2, 0.25) is 0 Å². The number of Topliss-reactive ketones (excluding diaryl/α,β-unsaturated/α-hetero) is 1. The summed E-state index contributed by atoms with van der Waals surface area (Å²) in [6.45, 7) is 8.28. The minimum atomic E-state index is 0.168. The molecular weight excluding hydrogens is 200 g/mol. The van der Waals surface area contributed by atoms with E-state index in [0.717, 1.165) is 23.3 Å². The van der Waals surface area contributed by atoms with E-state index >= 15 is 0 Å². The summed E-state index contributed by atoms with van der Waals surface area (Å²) in [6.07, 6.45) is 1.48. The van der Waals surface area contributed by atoms with Gasteiger partial charge >= 0.3 is 0 Å². The quantitative estimate of drug-likeness (QED) is 0.760. The van der Waals surface area contributed by atoms with Gasteiger partial charge in [-0.15, -0.1) is 0 Å². The van der Waals surface area contributed by atoms with Crippen molar-refractivity contribution < 1.29 is 9.53 Å². The summed E-state index contributed by atoms with van der Waals surface area (Å²) >= 11 is 0. The summed E-state index contributed by atoms with van der Waals surface area (Å²) < 4.78 is 5.59. The van der Waals surface area contributed by atoms with E-state index in [9.17, 15) is 4.79 Å². The Kier molecular flexibility index (Phi) is 4.53. The van der Waals surface area contributed by atoms with Crippen molar-refractivity contribution in [1.82, 2.24) is 0 Å². The third-order valence-corrected chi connectivity index (χ3v) is 2.51. The van der Waals surface area contributed by atoms with Crippen molar-refractivity contribution >= 4 is 5.78 Å². The normalized spacial score (nSPS) is 10.2. The highest BCUT2D eigenvalue weighted by Gasteiger charge is 2.07. The van der Waals surface area contributed by atoms with Gasteiger partial charge in [-0.25, -0.2) is 0 Å². The molecule has 0 amide bonds. The van der Waals surface area contributed by atoms with Crippen LogP contribution >= 0.6 is 0 Å². The fraction of sp³-hybridized carbons (Fsp3) is 0.500. The van der Waals surface area contributed by atoms with Crippen LogP contribution < -0.4 is 4.74 Å². The van der Waals surface area contributed by atoms with Crippen LogP contribution in [-0.2, 0) is 4.79 Å². The van der Waals surface area contributed by atoms with Crippen molar-refractivity contribution in [3.63, 3.8) is 0 Å². The summed E-state index contributed by atoms with van der Waals surface area (Å²) in [7, 11) is 0. The average molecular weight is 220 g/mol. The molecule has 0 saturated heterocycles. The van der Waals surface area contributed by atoms with Crippen LogP contribution in [0.25, 0.3) is 0 Å². The fourth-order valence-electron chi connectivity index (χ4n) is 1.90. The molecule has 0 fully saturated rings. The highest BCUT2D eigenvalue weighted by molar-refractivity contribution is 5.79. The maximum Gasteiger partial charge on any atom is 0.170 e. The molecule has 0 aliphatic carbocycles. The summed E-state index contributed by atoms with van der Waals surface area (Å²) in [5.41, 5.74) is 3.42. The number of hydrogen-bond acceptors (Lipinski definition) is 2. The van der Waals surface area contributed by atoms with Gasteiger partial charge in [-0.2, -0.15) is 0 Å². The summed E-state index contributed by atoms with van der Waals surface area (Å²) in [6, 6.07) is 4.15. The Bertz CT molecular complexity index is 357. The first-order chi connectivity index (χ1) is 7.54. The minimum absolute atomic E-state index is 0.168. The zero-order valence-electron chi connectivity index (χ0n) is 10.6. The van der Waals surface area contributed by atoms with Crippen LogP contribution in [0, 0.1) is 20.8 Å². The van der Waals surface area contributed by atoms with Crippen LogP contribution in [0.4, 0.5) is 0 Å². The van der Waals surface area contributed by atoms with Crippen LogP contribution in [0.15, 0.2) is 12.1 Å². The molecule has 0 aliphatic heterocycles. The van der Waals surface area contributed by atoms with E-state index in [2.05, 4.69) is 19.1 Å². The third-order valence-electron chi connectivity index (χ3n) is 2.51. The number of carbonyl (C=O) groups is 1. The van der Waals surface area contributed by atoms with E-state index in [0.29, 0.717) is 6.42 Å². The second-order valence-corrected chi connectivity index (χ2v) is 4.31. The van der Waals surface area contributed by atoms with Crippen molar-refractivity contribution in [1.29, 1.82) is 0 Å². The molecule has 2 heteroatoms. The molecule has 2 nitrogen and oxygen atoms in total. The van der Waals surface area contributed by atoms with Crippen LogP contribution in [-0.4, -0.2) is 12.4 Å². The summed E-state index contributed by atoms with van der Waals surface area (Å²) in [4.78, 5) is 11.4. The Hall–Kier alpha value is -1.31. The van der Waals surface area contributed by atoms with Gasteiger partial charge in [0.1, 0.15) is 12.4 Å². The molecular formula is C14H20O2. The van der Waals surface area contributed by atoms with E-state index in [1.165, 1.54) is 5.56 Å². The molecule has 0 aromatic heterocycles. The second kappa shape index (κ2) is 5.69. The number of benzene rings is 1. The monoisotopic (exact) mass is 220 g/mol. The van der Waals surface area contributed by atoms with Crippen molar-refractivity contribution in [2.45, 2.75) is 40.5 Å². The summed E-state index contributed by atoms with van der Waals surface area (Å²) in [5.74, 6) is 1.02. The van der Waals surface area contributed by atoms with Crippen molar-refractivity contribution in [2.75, 3.05) is 6.61 Å². The standard InChI is InChI=1S/C14H20O2/c1-5-6-13(15)9-16-14-11(3)7-10(2)8-12(14)4/h7-8H,5-6,9H2,1-4H3. The lowest BCUT2D eigenvalue weighted by Gasteiger charge is -2.12. The zero-order valence-corrected chi connectivity index (χ0v) is 10.6. The molecule has 0 radical (unpaired) electrons. The molecule has 1 rings (SSSR count). The molecule has 88 valence electrons. The minimum Gasteiger partial charge on any atom is -0.485 e. The topological polar surface area (TPSA) is 26.3 Å². The highest BCUT2D eigenvalue weighted by atomic mass is 16.5. The molecule has 0 N–H and O–H groups in total. The van der Waals surface area contributed by atoms with Gasteiger partial charge in [-0.1, -0.05) is 24.6 Å². The van der Waals surface area contributed by atoms with Gasteiger partial charge in [-0.3, -0.25) is 4.79 Å². The molecule has 16 heavy (non-hydrogen) atoms. The van der Waals surface area contributed by atoms with E-state index in [-0.39, 0.29) is 12.4 Å². The lowest BCUT2D eigenvalue weighted by atomic mass is 10.1. The second-order valence-electron chi connectivity index (χ2n) is 4.31. The SMILES string of the molecule is CCCC(=O)COc1c(C)cc(C)cc1C. The van der Waals surface area contributed by atoms with E-state index < -0.39 is 0 Å². The average Bonchev–Trinajstić information content (AvgIpc) is 2.16. The molecule has 0 aliphatic rings. The Morgan fingerprint density at radius 1 is 1.19 bits per heavy atom. The first-order valence-corrected chi connectivity index (χ1v) is 5.77. The Balaban J connectivity index is 2.70. The van der Waals surface area contributed by atoms with Gasteiger partial charge in [0.2, 0.25) is 0 Å². The van der Waals surface area contributed by atoms with Crippen LogP contribution in [0.1, 0.15) is 36.5 Å². The van der Waals surface area contributed by atoms with Crippen molar-refractivity contribution in [3.05, 3.63) is 28.8 Å². The number of hydrogen-bond donors (Lipinski definition) is 0. The molecule has 0 spiro atoms. The Morgan fingerprint density at radius 3 is 2.25 bits per heavy atom. The number of ether oxygens (including phenoxy) is 1. The maximum atomic E-state index is 11.4. The predicted molar refractivity (Wildman–Crippen MR) is 66.1 cm³/mol. The zero-order chi connectivity index (χ0) is 12.1. The maximum absolute atomic E-state index is 11.4. The number of rotatable bonds is 5. The molecule has 0 bridgehead atoms. The number of ketones is 1. The first kappa shape index (κ1) is 12.8. The summed E-state index contributed by atoms with van der Waals surface area (Å²) in [5, 5.41) is 0. The van der Waals surface area contributed by atoms with Gasteiger partial charge in [0.15, 0.2) is 5.78 Å². The lowest BCUT2D eigenvalue weighted by molar-refractivity contribution is -0.121. The van der Waals surface area contributed by atoms with E-state index in [4.69, 9.17) is 4.74 Å². The van der Waals surface area contributed by atoms with Gasteiger partial charge in [0, 0.05) is 6.42 Å². The van der Waals surface area contributed by atoms with Gasteiger partial charge < -0.3 is 4.74 Å². The Morgan fingerprint density at radius 2 is 1.75 bits per heavy atom. The molecule has 0 heterocycles. The van der Waals surface area contributed by atoms with Gasteiger partial charge in [-0.05, 0) is 38.3 Å².